The van der Waals surface area contributed by atoms with Crippen LogP contribution in [0.4, 0.5) is 0 Å². The van der Waals surface area contributed by atoms with E-state index in [0.717, 1.165) is 55.9 Å². The Labute approximate surface area is 167 Å². The Hall–Kier alpha value is -1.70. The van der Waals surface area contributed by atoms with E-state index in [-0.39, 0.29) is 6.10 Å². The number of piperidine rings is 1. The van der Waals surface area contributed by atoms with E-state index < -0.39 is 0 Å². The Bertz CT molecular complexity index is 668. The van der Waals surface area contributed by atoms with Crippen LogP contribution in [0.1, 0.15) is 50.2 Å². The molecule has 7 heteroatoms. The van der Waals surface area contributed by atoms with Gasteiger partial charge in [0.25, 0.3) is 0 Å². The molecule has 3 N–H and O–H groups in total. The van der Waals surface area contributed by atoms with Crippen LogP contribution in [0.3, 0.4) is 0 Å². The molecule has 2 aliphatic rings. The van der Waals surface area contributed by atoms with Crippen molar-refractivity contribution in [3.63, 3.8) is 0 Å². The summed E-state index contributed by atoms with van der Waals surface area (Å²) in [5.74, 6) is 0.346. The summed E-state index contributed by atoms with van der Waals surface area (Å²) < 4.78 is 5.57. The van der Waals surface area contributed by atoms with Gasteiger partial charge in [-0.3, -0.25) is 10.3 Å². The molecule has 0 radical (unpaired) electrons. The zero-order valence-electron chi connectivity index (χ0n) is 16.0. The zero-order valence-corrected chi connectivity index (χ0v) is 16.9. The number of phenols is 1. The molecule has 6 nitrogen and oxygen atoms in total. The van der Waals surface area contributed by atoms with Crippen LogP contribution < -0.4 is 10.7 Å². The molecule has 2 aliphatic heterocycles. The minimum absolute atomic E-state index is 0.240. The number of hydrogen-bond donors (Lipinski definition) is 3. The summed E-state index contributed by atoms with van der Waals surface area (Å²) in [4.78, 5) is 2.40. The van der Waals surface area contributed by atoms with Gasteiger partial charge in [0.2, 0.25) is 0 Å². The average molecular weight is 391 g/mol. The molecule has 0 spiro atoms. The van der Waals surface area contributed by atoms with E-state index in [0.29, 0.717) is 17.4 Å². The monoisotopic (exact) mass is 390 g/mol. The lowest BCUT2D eigenvalue weighted by Crippen LogP contribution is -2.37. The van der Waals surface area contributed by atoms with Crippen molar-refractivity contribution >= 4 is 23.0 Å². The minimum atomic E-state index is 0.240. The Kier molecular flexibility index (Phi) is 7.43. The maximum atomic E-state index is 10.2. The number of likely N-dealkylation sites (tertiary alicyclic amines) is 1. The molecule has 148 valence electrons. The van der Waals surface area contributed by atoms with Gasteiger partial charge in [-0.15, -0.1) is 0 Å². The van der Waals surface area contributed by atoms with Crippen LogP contribution in [-0.2, 0) is 11.3 Å². The van der Waals surface area contributed by atoms with Crippen LogP contribution in [0.2, 0.25) is 0 Å². The van der Waals surface area contributed by atoms with Crippen LogP contribution >= 0.6 is 12.2 Å². The molecular weight excluding hydrogens is 360 g/mol. The lowest BCUT2D eigenvalue weighted by atomic mass is 10.0. The highest BCUT2D eigenvalue weighted by molar-refractivity contribution is 7.80. The summed E-state index contributed by atoms with van der Waals surface area (Å²) >= 11 is 5.28. The van der Waals surface area contributed by atoms with Gasteiger partial charge < -0.3 is 15.2 Å². The van der Waals surface area contributed by atoms with Gasteiger partial charge in [-0.25, -0.2) is 0 Å². The van der Waals surface area contributed by atoms with Gasteiger partial charge >= 0.3 is 0 Å². The van der Waals surface area contributed by atoms with Gasteiger partial charge in [0, 0.05) is 25.3 Å². The molecule has 2 saturated heterocycles. The van der Waals surface area contributed by atoms with Crippen molar-refractivity contribution in [1.29, 1.82) is 0 Å². The van der Waals surface area contributed by atoms with E-state index in [1.54, 1.807) is 6.07 Å². The molecule has 0 amide bonds. The number of thiocarbonyl (C=S) groups is 1. The number of nitrogens with zero attached hydrogens (tertiary/aromatic N) is 2. The van der Waals surface area contributed by atoms with E-state index in [1.807, 2.05) is 19.1 Å². The summed E-state index contributed by atoms with van der Waals surface area (Å²) in [5.41, 5.74) is 5.66. The first kappa shape index (κ1) is 20.0. The smallest absolute Gasteiger partial charge is 0.187 e. The maximum absolute atomic E-state index is 10.2. The fraction of sp³-hybridized carbons (Fsp3) is 0.600. The number of hydrogen-bond acceptors (Lipinski definition) is 5. The largest absolute Gasteiger partial charge is 0.508 e. The molecule has 0 unspecified atom stereocenters. The number of phenolic OH excluding ortho intramolecular Hbond substituents is 1. The first-order valence-corrected chi connectivity index (χ1v) is 10.3. The second kappa shape index (κ2) is 10.0. The van der Waals surface area contributed by atoms with Crippen LogP contribution in [0.25, 0.3) is 0 Å². The molecule has 0 bridgehead atoms. The van der Waals surface area contributed by atoms with Crippen molar-refractivity contribution in [2.75, 3.05) is 26.2 Å². The molecule has 0 aliphatic carbocycles. The van der Waals surface area contributed by atoms with Crippen molar-refractivity contribution in [3.8, 4) is 5.75 Å². The predicted octanol–water partition coefficient (Wildman–Crippen LogP) is 2.75. The van der Waals surface area contributed by atoms with Gasteiger partial charge in [-0.1, -0.05) is 6.42 Å². The molecule has 2 fully saturated rings. The fourth-order valence-electron chi connectivity index (χ4n) is 3.55. The van der Waals surface area contributed by atoms with Crippen molar-refractivity contribution in [1.82, 2.24) is 15.6 Å². The number of benzene rings is 1. The third-order valence-corrected chi connectivity index (χ3v) is 5.41. The standard InChI is InChI=1S/C20H30N4O2S/c1-15(22-23-20(27)21-13-18-6-5-11-26-18)16-7-8-19(25)17(12-16)14-24-9-3-2-4-10-24/h7-8,12,18,25H,2-6,9-11,13-14H2,1H3,(H2,21,23,27)/b22-15+/t18-/m0/s1. The third kappa shape index (κ3) is 6.16. The van der Waals surface area contributed by atoms with Gasteiger partial charge in [0.15, 0.2) is 5.11 Å². The number of rotatable bonds is 6. The van der Waals surface area contributed by atoms with Gasteiger partial charge in [0.1, 0.15) is 5.75 Å². The Morgan fingerprint density at radius 2 is 2.11 bits per heavy atom. The summed E-state index contributed by atoms with van der Waals surface area (Å²) in [5, 5.41) is 18.2. The highest BCUT2D eigenvalue weighted by Gasteiger charge is 2.15. The first-order chi connectivity index (χ1) is 13.1. The lowest BCUT2D eigenvalue weighted by Gasteiger charge is -2.26. The molecule has 1 atom stereocenters. The van der Waals surface area contributed by atoms with Crippen molar-refractivity contribution in [2.24, 2.45) is 5.10 Å². The lowest BCUT2D eigenvalue weighted by molar-refractivity contribution is 0.114. The van der Waals surface area contributed by atoms with E-state index >= 15 is 0 Å². The molecule has 0 aromatic heterocycles. The molecule has 3 rings (SSSR count). The van der Waals surface area contributed by atoms with Crippen LogP contribution in [0, 0.1) is 0 Å². The fourth-order valence-corrected chi connectivity index (χ4v) is 3.68. The Morgan fingerprint density at radius 3 is 2.85 bits per heavy atom. The molecule has 0 saturated carbocycles. The highest BCUT2D eigenvalue weighted by Crippen LogP contribution is 2.22. The third-order valence-electron chi connectivity index (χ3n) is 5.18. The van der Waals surface area contributed by atoms with Crippen molar-refractivity contribution in [2.45, 2.75) is 51.7 Å². The predicted molar refractivity (Wildman–Crippen MR) is 112 cm³/mol. The zero-order chi connectivity index (χ0) is 19.1. The topological polar surface area (TPSA) is 69.1 Å². The first-order valence-electron chi connectivity index (χ1n) is 9.86. The van der Waals surface area contributed by atoms with E-state index in [1.165, 1.54) is 19.3 Å². The summed E-state index contributed by atoms with van der Waals surface area (Å²) in [7, 11) is 0. The van der Waals surface area contributed by atoms with Crippen molar-refractivity contribution < 1.29 is 9.84 Å². The van der Waals surface area contributed by atoms with E-state index in [4.69, 9.17) is 17.0 Å². The van der Waals surface area contributed by atoms with E-state index in [2.05, 4.69) is 20.7 Å². The Morgan fingerprint density at radius 1 is 1.30 bits per heavy atom. The molecule has 2 heterocycles. The number of ether oxygens (including phenoxy) is 1. The van der Waals surface area contributed by atoms with E-state index in [9.17, 15) is 5.11 Å². The average Bonchev–Trinajstić information content (AvgIpc) is 3.20. The highest BCUT2D eigenvalue weighted by atomic mass is 32.1. The summed E-state index contributed by atoms with van der Waals surface area (Å²) in [6.07, 6.45) is 6.21. The van der Waals surface area contributed by atoms with Gasteiger partial charge in [-0.2, -0.15) is 5.10 Å². The quantitative estimate of drug-likeness (QED) is 0.394. The van der Waals surface area contributed by atoms with Crippen LogP contribution in [0.5, 0.6) is 5.75 Å². The molecular formula is C20H30N4O2S. The molecule has 1 aromatic rings. The number of aromatic hydroxyl groups is 1. The SMILES string of the molecule is C/C(=N\NC(=S)NC[C@@H]1CCCO1)c1ccc(O)c(CN2CCCCC2)c1. The second-order valence-corrected chi connectivity index (χ2v) is 7.74. The normalized spacial score (nSPS) is 21.2. The Balaban J connectivity index is 1.54. The summed E-state index contributed by atoms with van der Waals surface area (Å²) in [6.45, 7) is 6.46. The number of hydrazone groups is 1. The molecule has 1 aromatic carbocycles. The maximum Gasteiger partial charge on any atom is 0.187 e. The molecule has 27 heavy (non-hydrogen) atoms. The second-order valence-electron chi connectivity index (χ2n) is 7.33. The number of nitrogens with one attached hydrogen (secondary N) is 2. The van der Waals surface area contributed by atoms with Gasteiger partial charge in [0.05, 0.1) is 11.8 Å². The van der Waals surface area contributed by atoms with Crippen LogP contribution in [-0.4, -0.2) is 53.2 Å². The summed E-state index contributed by atoms with van der Waals surface area (Å²) in [6, 6.07) is 5.66. The van der Waals surface area contributed by atoms with Crippen molar-refractivity contribution in [3.05, 3.63) is 29.3 Å². The minimum Gasteiger partial charge on any atom is -0.508 e. The van der Waals surface area contributed by atoms with Crippen LogP contribution in [0.15, 0.2) is 23.3 Å². The van der Waals surface area contributed by atoms with Gasteiger partial charge in [-0.05, 0) is 81.7 Å².